The second-order valence-electron chi connectivity index (χ2n) is 3.16. The standard InChI is InChI=1S/C9H17NO6/c1-15-8(13)4-10(3-7(12)6-11)5-9(14)16-2/h7,11-12H,3-6H2,1-2H3. The first-order valence-corrected chi connectivity index (χ1v) is 4.68. The van der Waals surface area contributed by atoms with Crippen LogP contribution in [0.25, 0.3) is 0 Å². The van der Waals surface area contributed by atoms with Crippen LogP contribution in [0.15, 0.2) is 0 Å². The van der Waals surface area contributed by atoms with E-state index in [1.54, 1.807) is 0 Å². The number of esters is 2. The fourth-order valence-corrected chi connectivity index (χ4v) is 1.04. The van der Waals surface area contributed by atoms with Crippen molar-refractivity contribution in [2.75, 3.05) is 40.5 Å². The molecule has 0 saturated carbocycles. The molecule has 0 aromatic rings. The van der Waals surface area contributed by atoms with Crippen molar-refractivity contribution in [3.63, 3.8) is 0 Å². The second kappa shape index (κ2) is 8.03. The Balaban J connectivity index is 4.26. The van der Waals surface area contributed by atoms with Gasteiger partial charge in [-0.15, -0.1) is 0 Å². The summed E-state index contributed by atoms with van der Waals surface area (Å²) in [6.07, 6.45) is -1.02. The number of carbonyl (C=O) groups is 2. The van der Waals surface area contributed by atoms with Gasteiger partial charge >= 0.3 is 11.9 Å². The van der Waals surface area contributed by atoms with Gasteiger partial charge in [0.2, 0.25) is 0 Å². The maximum absolute atomic E-state index is 11.0. The molecule has 7 heteroatoms. The first-order chi connectivity index (χ1) is 7.53. The van der Waals surface area contributed by atoms with Crippen molar-refractivity contribution in [3.8, 4) is 0 Å². The molecule has 0 heterocycles. The Morgan fingerprint density at radius 1 is 1.19 bits per heavy atom. The van der Waals surface area contributed by atoms with Crippen LogP contribution in [0.3, 0.4) is 0 Å². The van der Waals surface area contributed by atoms with Crippen LogP contribution < -0.4 is 0 Å². The topological polar surface area (TPSA) is 96.3 Å². The van der Waals surface area contributed by atoms with E-state index >= 15 is 0 Å². The van der Waals surface area contributed by atoms with Crippen LogP contribution >= 0.6 is 0 Å². The average Bonchev–Trinajstić information content (AvgIpc) is 2.28. The molecule has 0 radical (unpaired) electrons. The summed E-state index contributed by atoms with van der Waals surface area (Å²) in [7, 11) is 2.45. The molecule has 0 fully saturated rings. The predicted octanol–water partition coefficient (Wildman–Crippen LogP) is -2.01. The molecule has 0 aliphatic carbocycles. The van der Waals surface area contributed by atoms with Crippen LogP contribution in [0, 0.1) is 0 Å². The molecule has 7 nitrogen and oxygen atoms in total. The summed E-state index contributed by atoms with van der Waals surface area (Å²) >= 11 is 0. The molecule has 0 aliphatic heterocycles. The first kappa shape index (κ1) is 14.8. The smallest absolute Gasteiger partial charge is 0.319 e. The molecular formula is C9H17NO6. The van der Waals surface area contributed by atoms with Crippen LogP contribution in [-0.2, 0) is 19.1 Å². The number of aliphatic hydroxyl groups excluding tert-OH is 2. The molecule has 0 saturated heterocycles. The van der Waals surface area contributed by atoms with E-state index in [2.05, 4.69) is 9.47 Å². The van der Waals surface area contributed by atoms with Gasteiger partial charge in [-0.05, 0) is 0 Å². The lowest BCUT2D eigenvalue weighted by atomic mass is 10.3. The molecule has 0 spiro atoms. The lowest BCUT2D eigenvalue weighted by Gasteiger charge is -2.21. The van der Waals surface area contributed by atoms with E-state index in [-0.39, 0.29) is 19.6 Å². The van der Waals surface area contributed by atoms with Gasteiger partial charge < -0.3 is 19.7 Å². The van der Waals surface area contributed by atoms with Gasteiger partial charge in [-0.1, -0.05) is 0 Å². The lowest BCUT2D eigenvalue weighted by Crippen LogP contribution is -2.41. The summed E-state index contributed by atoms with van der Waals surface area (Å²) in [5, 5.41) is 17.9. The molecule has 16 heavy (non-hydrogen) atoms. The van der Waals surface area contributed by atoms with E-state index in [0.717, 1.165) is 0 Å². The van der Waals surface area contributed by atoms with Crippen LogP contribution in [-0.4, -0.2) is 73.6 Å². The number of nitrogens with zero attached hydrogens (tertiary/aromatic N) is 1. The number of ether oxygens (including phenoxy) is 2. The molecule has 1 unspecified atom stereocenters. The monoisotopic (exact) mass is 235 g/mol. The molecule has 0 aliphatic rings. The zero-order chi connectivity index (χ0) is 12.6. The highest BCUT2D eigenvalue weighted by atomic mass is 16.5. The highest BCUT2D eigenvalue weighted by Gasteiger charge is 2.18. The van der Waals surface area contributed by atoms with Gasteiger partial charge in [0.25, 0.3) is 0 Å². The van der Waals surface area contributed by atoms with Gasteiger partial charge in [-0.2, -0.15) is 0 Å². The normalized spacial score (nSPS) is 12.3. The second-order valence-corrected chi connectivity index (χ2v) is 3.16. The number of hydrogen-bond acceptors (Lipinski definition) is 7. The van der Waals surface area contributed by atoms with E-state index in [0.29, 0.717) is 0 Å². The van der Waals surface area contributed by atoms with Gasteiger partial charge in [-0.3, -0.25) is 14.5 Å². The summed E-state index contributed by atoms with van der Waals surface area (Å²) in [6, 6.07) is 0. The maximum Gasteiger partial charge on any atom is 0.319 e. The van der Waals surface area contributed by atoms with Crippen LogP contribution in [0.2, 0.25) is 0 Å². The Hall–Kier alpha value is -1.18. The van der Waals surface area contributed by atoms with Gasteiger partial charge in [-0.25, -0.2) is 0 Å². The highest BCUT2D eigenvalue weighted by Crippen LogP contribution is 1.95. The number of carbonyl (C=O) groups excluding carboxylic acids is 2. The zero-order valence-electron chi connectivity index (χ0n) is 9.38. The van der Waals surface area contributed by atoms with Gasteiger partial charge in [0, 0.05) is 6.54 Å². The van der Waals surface area contributed by atoms with Crippen molar-refractivity contribution in [1.82, 2.24) is 4.90 Å². The summed E-state index contributed by atoms with van der Waals surface area (Å²) < 4.78 is 8.87. The van der Waals surface area contributed by atoms with Gasteiger partial charge in [0.1, 0.15) is 0 Å². The molecule has 2 N–H and O–H groups in total. The third-order valence-corrected chi connectivity index (χ3v) is 1.84. The van der Waals surface area contributed by atoms with Crippen LogP contribution in [0.5, 0.6) is 0 Å². The van der Waals surface area contributed by atoms with E-state index < -0.39 is 24.6 Å². The Morgan fingerprint density at radius 3 is 1.94 bits per heavy atom. The van der Waals surface area contributed by atoms with E-state index in [1.165, 1.54) is 19.1 Å². The molecule has 0 bridgehead atoms. The predicted molar refractivity (Wildman–Crippen MR) is 53.6 cm³/mol. The Kier molecular flexibility index (Phi) is 7.44. The summed E-state index contributed by atoms with van der Waals surface area (Å²) in [4.78, 5) is 23.3. The lowest BCUT2D eigenvalue weighted by molar-refractivity contribution is -0.146. The van der Waals surface area contributed by atoms with Crippen molar-refractivity contribution in [2.24, 2.45) is 0 Å². The van der Waals surface area contributed by atoms with Crippen molar-refractivity contribution in [2.45, 2.75) is 6.10 Å². The fourth-order valence-electron chi connectivity index (χ4n) is 1.04. The minimum absolute atomic E-state index is 0.0132. The molecule has 0 amide bonds. The van der Waals surface area contributed by atoms with Gasteiger partial charge in [0.15, 0.2) is 0 Å². The Bertz CT molecular complexity index is 214. The number of methoxy groups -OCH3 is 2. The first-order valence-electron chi connectivity index (χ1n) is 4.68. The third kappa shape index (κ3) is 6.33. The average molecular weight is 235 g/mol. The SMILES string of the molecule is COC(=O)CN(CC(=O)OC)CC(O)CO. The summed E-state index contributed by atoms with van der Waals surface area (Å²) in [5.41, 5.74) is 0. The molecule has 0 aromatic heterocycles. The molecule has 0 aromatic carbocycles. The van der Waals surface area contributed by atoms with Crippen molar-refractivity contribution >= 4 is 11.9 Å². The zero-order valence-corrected chi connectivity index (χ0v) is 9.38. The van der Waals surface area contributed by atoms with E-state index in [4.69, 9.17) is 5.11 Å². The minimum atomic E-state index is -1.02. The number of rotatable bonds is 7. The molecule has 1 atom stereocenters. The van der Waals surface area contributed by atoms with Gasteiger partial charge in [0.05, 0.1) is 40.0 Å². The largest absolute Gasteiger partial charge is 0.468 e. The Labute approximate surface area is 93.6 Å². The fraction of sp³-hybridized carbons (Fsp3) is 0.778. The van der Waals surface area contributed by atoms with Crippen LogP contribution in [0.4, 0.5) is 0 Å². The highest BCUT2D eigenvalue weighted by molar-refractivity contribution is 5.74. The quantitative estimate of drug-likeness (QED) is 0.492. The van der Waals surface area contributed by atoms with Crippen molar-refractivity contribution in [3.05, 3.63) is 0 Å². The summed E-state index contributed by atoms with van der Waals surface area (Å²) in [6.45, 7) is -0.759. The third-order valence-electron chi connectivity index (χ3n) is 1.84. The molecular weight excluding hydrogens is 218 g/mol. The Morgan fingerprint density at radius 2 is 1.62 bits per heavy atom. The number of hydrogen-bond donors (Lipinski definition) is 2. The maximum atomic E-state index is 11.0. The molecule has 0 rings (SSSR count). The van der Waals surface area contributed by atoms with Crippen molar-refractivity contribution < 1.29 is 29.3 Å². The molecule has 94 valence electrons. The summed E-state index contributed by atoms with van der Waals surface area (Å²) in [5.74, 6) is -1.07. The number of aliphatic hydroxyl groups is 2. The van der Waals surface area contributed by atoms with Crippen molar-refractivity contribution in [1.29, 1.82) is 0 Å². The minimum Gasteiger partial charge on any atom is -0.468 e. The van der Waals surface area contributed by atoms with E-state index in [1.807, 2.05) is 0 Å². The van der Waals surface area contributed by atoms with Crippen LogP contribution in [0.1, 0.15) is 0 Å². The van der Waals surface area contributed by atoms with E-state index in [9.17, 15) is 14.7 Å².